The molecule has 2 atom stereocenters. The Morgan fingerprint density at radius 1 is 1.28 bits per heavy atom. The van der Waals surface area contributed by atoms with E-state index in [1.54, 1.807) is 0 Å². The molecule has 2 nitrogen and oxygen atoms in total. The molecule has 0 aliphatic heterocycles. The fraction of sp³-hybridized carbons (Fsp3) is 0.533. The molecule has 1 fully saturated rings. The molecule has 0 saturated heterocycles. The van der Waals surface area contributed by atoms with Gasteiger partial charge in [-0.05, 0) is 30.2 Å². The fourth-order valence-electron chi connectivity index (χ4n) is 2.10. The van der Waals surface area contributed by atoms with E-state index in [0.717, 1.165) is 0 Å². The molecule has 0 radical (unpaired) electrons. The van der Waals surface area contributed by atoms with Crippen LogP contribution in [0.3, 0.4) is 0 Å². The first-order chi connectivity index (χ1) is 8.59. The lowest BCUT2D eigenvalue weighted by atomic mass is 10.0. The quantitative estimate of drug-likeness (QED) is 0.826. The van der Waals surface area contributed by atoms with Gasteiger partial charge in [0.1, 0.15) is 0 Å². The molecule has 1 saturated carbocycles. The van der Waals surface area contributed by atoms with Crippen LogP contribution in [0.1, 0.15) is 38.3 Å². The summed E-state index contributed by atoms with van der Waals surface area (Å²) in [7, 11) is 0. The van der Waals surface area contributed by atoms with Crippen molar-refractivity contribution in [1.29, 1.82) is 0 Å². The van der Waals surface area contributed by atoms with Crippen LogP contribution in [0.25, 0.3) is 0 Å². The topological polar surface area (TPSA) is 29.1 Å². The monoisotopic (exact) mass is 309 g/mol. The van der Waals surface area contributed by atoms with Gasteiger partial charge in [0.05, 0.1) is 10.9 Å². The molecule has 2 rings (SSSR count). The van der Waals surface area contributed by atoms with Crippen molar-refractivity contribution in [2.75, 3.05) is 0 Å². The van der Waals surface area contributed by atoms with Crippen LogP contribution in [0, 0.1) is 11.8 Å². The zero-order valence-electron chi connectivity index (χ0n) is 10.9. The van der Waals surface area contributed by atoms with Crippen LogP contribution in [-0.4, -0.2) is 10.7 Å². The number of halogens is 1. The molecular weight excluding hydrogens is 290 g/mol. The van der Waals surface area contributed by atoms with Crippen molar-refractivity contribution < 1.29 is 4.79 Å². The summed E-state index contributed by atoms with van der Waals surface area (Å²) in [5, 5.41) is 3.19. The van der Waals surface area contributed by atoms with Gasteiger partial charge < -0.3 is 5.32 Å². The smallest absolute Gasteiger partial charge is 0.234 e. The molecule has 0 bridgehead atoms. The Hall–Kier alpha value is -0.830. The Labute approximate surface area is 117 Å². The van der Waals surface area contributed by atoms with Gasteiger partial charge in [0.15, 0.2) is 0 Å². The number of carbonyl (C=O) groups is 1. The highest BCUT2D eigenvalue weighted by atomic mass is 79.9. The maximum Gasteiger partial charge on any atom is 0.234 e. The molecule has 98 valence electrons. The number of carbonyl (C=O) groups excluding carboxylic acids is 1. The molecule has 0 aromatic heterocycles. The highest BCUT2D eigenvalue weighted by Crippen LogP contribution is 2.41. The van der Waals surface area contributed by atoms with Crippen LogP contribution in [-0.2, 0) is 4.79 Å². The predicted octanol–water partition coefficient (Wildman–Crippen LogP) is 3.67. The second-order valence-electron chi connectivity index (χ2n) is 5.38. The van der Waals surface area contributed by atoms with Gasteiger partial charge in [-0.3, -0.25) is 4.79 Å². The third-order valence-electron chi connectivity index (χ3n) is 3.39. The number of nitrogens with one attached hydrogen (secondary N) is 1. The SMILES string of the molecule is CC(C)C(Br)C(=O)NC(c1ccccc1)C1CC1. The van der Waals surface area contributed by atoms with Gasteiger partial charge in [0, 0.05) is 0 Å². The zero-order chi connectivity index (χ0) is 13.1. The maximum absolute atomic E-state index is 12.1. The van der Waals surface area contributed by atoms with Crippen LogP contribution >= 0.6 is 15.9 Å². The highest BCUT2D eigenvalue weighted by Gasteiger charge is 2.34. The van der Waals surface area contributed by atoms with E-state index in [2.05, 4.69) is 33.4 Å². The highest BCUT2D eigenvalue weighted by molar-refractivity contribution is 9.10. The first-order valence-corrected chi connectivity index (χ1v) is 7.50. The molecule has 1 N–H and O–H groups in total. The predicted molar refractivity (Wildman–Crippen MR) is 77.6 cm³/mol. The van der Waals surface area contributed by atoms with Crippen LogP contribution in [0.2, 0.25) is 0 Å². The summed E-state index contributed by atoms with van der Waals surface area (Å²) < 4.78 is 0. The maximum atomic E-state index is 12.1. The molecule has 1 amide bonds. The minimum atomic E-state index is -0.109. The number of hydrogen-bond acceptors (Lipinski definition) is 1. The molecule has 1 aliphatic carbocycles. The average Bonchev–Trinajstić information content (AvgIpc) is 3.20. The van der Waals surface area contributed by atoms with E-state index in [-0.39, 0.29) is 16.8 Å². The van der Waals surface area contributed by atoms with Gasteiger partial charge >= 0.3 is 0 Å². The third-order valence-corrected chi connectivity index (χ3v) is 4.86. The number of alkyl halides is 1. The molecular formula is C15H20BrNO. The van der Waals surface area contributed by atoms with Crippen molar-refractivity contribution in [3.05, 3.63) is 35.9 Å². The number of hydrogen-bond donors (Lipinski definition) is 1. The van der Waals surface area contributed by atoms with Gasteiger partial charge in [-0.15, -0.1) is 0 Å². The van der Waals surface area contributed by atoms with Crippen LogP contribution in [0.15, 0.2) is 30.3 Å². The van der Waals surface area contributed by atoms with Gasteiger partial charge in [-0.25, -0.2) is 0 Å². The zero-order valence-corrected chi connectivity index (χ0v) is 12.5. The second-order valence-corrected chi connectivity index (χ2v) is 6.37. The summed E-state index contributed by atoms with van der Waals surface area (Å²) in [6, 6.07) is 10.5. The van der Waals surface area contributed by atoms with Crippen molar-refractivity contribution in [1.82, 2.24) is 5.32 Å². The minimum absolute atomic E-state index is 0.103. The lowest BCUT2D eigenvalue weighted by Crippen LogP contribution is -2.37. The van der Waals surface area contributed by atoms with Gasteiger partial charge in [-0.2, -0.15) is 0 Å². The first kappa shape index (κ1) is 13.6. The number of benzene rings is 1. The fourth-order valence-corrected chi connectivity index (χ4v) is 2.23. The first-order valence-electron chi connectivity index (χ1n) is 6.59. The molecule has 1 aromatic carbocycles. The van der Waals surface area contributed by atoms with Gasteiger partial charge in [-0.1, -0.05) is 60.1 Å². The van der Waals surface area contributed by atoms with Crippen molar-refractivity contribution >= 4 is 21.8 Å². The molecule has 18 heavy (non-hydrogen) atoms. The van der Waals surface area contributed by atoms with Crippen LogP contribution in [0.4, 0.5) is 0 Å². The van der Waals surface area contributed by atoms with Crippen LogP contribution < -0.4 is 5.32 Å². The van der Waals surface area contributed by atoms with E-state index in [1.165, 1.54) is 18.4 Å². The Kier molecular flexibility index (Phi) is 4.44. The standard InChI is InChI=1S/C15H20BrNO/c1-10(2)13(16)15(18)17-14(12-8-9-12)11-6-4-3-5-7-11/h3-7,10,12-14H,8-9H2,1-2H3,(H,17,18). The number of amides is 1. The van der Waals surface area contributed by atoms with E-state index >= 15 is 0 Å². The minimum Gasteiger partial charge on any atom is -0.348 e. The summed E-state index contributed by atoms with van der Waals surface area (Å²) in [6.45, 7) is 4.10. The van der Waals surface area contributed by atoms with Crippen molar-refractivity contribution in [2.45, 2.75) is 37.6 Å². The number of rotatable bonds is 5. The lowest BCUT2D eigenvalue weighted by Gasteiger charge is -2.22. The van der Waals surface area contributed by atoms with Crippen LogP contribution in [0.5, 0.6) is 0 Å². The van der Waals surface area contributed by atoms with E-state index in [1.807, 2.05) is 32.0 Å². The van der Waals surface area contributed by atoms with Crippen molar-refractivity contribution in [2.24, 2.45) is 11.8 Å². The molecule has 1 aromatic rings. The lowest BCUT2D eigenvalue weighted by molar-refractivity contribution is -0.122. The molecule has 3 heteroatoms. The Balaban J connectivity index is 2.06. The summed E-state index contributed by atoms with van der Waals surface area (Å²) in [6.07, 6.45) is 2.43. The Morgan fingerprint density at radius 3 is 2.39 bits per heavy atom. The summed E-state index contributed by atoms with van der Waals surface area (Å²) in [5.41, 5.74) is 1.22. The summed E-state index contributed by atoms with van der Waals surface area (Å²) in [5.74, 6) is 1.02. The van der Waals surface area contributed by atoms with E-state index in [9.17, 15) is 4.79 Å². The second kappa shape index (κ2) is 5.87. The molecule has 2 unspecified atom stereocenters. The third kappa shape index (κ3) is 3.35. The van der Waals surface area contributed by atoms with Crippen molar-refractivity contribution in [3.63, 3.8) is 0 Å². The normalized spacial score (nSPS) is 18.4. The Morgan fingerprint density at radius 2 is 1.89 bits per heavy atom. The van der Waals surface area contributed by atoms with Crippen molar-refractivity contribution in [3.8, 4) is 0 Å². The summed E-state index contributed by atoms with van der Waals surface area (Å²) >= 11 is 3.47. The van der Waals surface area contributed by atoms with E-state index in [0.29, 0.717) is 11.8 Å². The van der Waals surface area contributed by atoms with Gasteiger partial charge in [0.2, 0.25) is 5.91 Å². The van der Waals surface area contributed by atoms with Gasteiger partial charge in [0.25, 0.3) is 0 Å². The largest absolute Gasteiger partial charge is 0.348 e. The van der Waals surface area contributed by atoms with E-state index in [4.69, 9.17) is 0 Å². The average molecular weight is 310 g/mol. The molecule has 0 spiro atoms. The molecule has 0 heterocycles. The Bertz CT molecular complexity index is 400. The summed E-state index contributed by atoms with van der Waals surface area (Å²) in [4.78, 5) is 12.0. The molecule has 1 aliphatic rings. The van der Waals surface area contributed by atoms with E-state index < -0.39 is 0 Å².